The lowest BCUT2D eigenvalue weighted by Gasteiger charge is -2.30. The van der Waals surface area contributed by atoms with Gasteiger partial charge in [0.15, 0.2) is 0 Å². The Hall–Kier alpha value is -3.37. The fourth-order valence-electron chi connectivity index (χ4n) is 4.62. The van der Waals surface area contributed by atoms with E-state index in [0.29, 0.717) is 6.61 Å². The lowest BCUT2D eigenvalue weighted by molar-refractivity contribution is 0.245. The van der Waals surface area contributed by atoms with Crippen LogP contribution in [0.15, 0.2) is 83.7 Å². The summed E-state index contributed by atoms with van der Waals surface area (Å²) in [4.78, 5) is 13.7. The third-order valence-electron chi connectivity index (χ3n) is 6.15. The second-order valence-corrected chi connectivity index (χ2v) is 8.20. The van der Waals surface area contributed by atoms with Gasteiger partial charge in [0, 0.05) is 35.4 Å². The van der Waals surface area contributed by atoms with Crippen molar-refractivity contribution in [1.82, 2.24) is 9.88 Å². The number of nitrogens with zero attached hydrogens (tertiary/aromatic N) is 1. The van der Waals surface area contributed by atoms with Crippen LogP contribution in [0.1, 0.15) is 42.2 Å². The number of hydrogen-bond acceptors (Lipinski definition) is 3. The molecule has 4 aromatic rings. The molecule has 0 radical (unpaired) electrons. The monoisotopic (exact) mass is 410 g/mol. The van der Waals surface area contributed by atoms with Gasteiger partial charge in [0.1, 0.15) is 5.75 Å². The van der Waals surface area contributed by atoms with E-state index in [9.17, 15) is 4.79 Å². The second-order valence-electron chi connectivity index (χ2n) is 8.20. The zero-order valence-corrected chi connectivity index (χ0v) is 17.8. The van der Waals surface area contributed by atoms with Crippen LogP contribution in [0, 0.1) is 6.92 Å². The summed E-state index contributed by atoms with van der Waals surface area (Å²) in [6.45, 7) is 4.82. The van der Waals surface area contributed by atoms with Gasteiger partial charge in [-0.25, -0.2) is 0 Å². The molecule has 0 saturated heterocycles. The van der Waals surface area contributed by atoms with Crippen LogP contribution in [-0.4, -0.2) is 11.2 Å². The Kier molecular flexibility index (Phi) is 5.08. The average Bonchev–Trinajstić information content (AvgIpc) is 2.79. The molecule has 3 aromatic carbocycles. The summed E-state index contributed by atoms with van der Waals surface area (Å²) < 4.78 is 7.69. The van der Waals surface area contributed by atoms with Crippen LogP contribution in [0.2, 0.25) is 0 Å². The van der Waals surface area contributed by atoms with Crippen molar-refractivity contribution in [1.29, 1.82) is 0 Å². The van der Waals surface area contributed by atoms with E-state index in [0.717, 1.165) is 39.9 Å². The van der Waals surface area contributed by atoms with Gasteiger partial charge >= 0.3 is 0 Å². The predicted molar refractivity (Wildman–Crippen MR) is 125 cm³/mol. The molecule has 1 aliphatic heterocycles. The first kappa shape index (κ1) is 19.6. The van der Waals surface area contributed by atoms with Gasteiger partial charge in [-0.2, -0.15) is 0 Å². The number of aryl methyl sites for hydroxylation is 1. The summed E-state index contributed by atoms with van der Waals surface area (Å²) in [5, 5.41) is 5.52. The Balaban J connectivity index is 1.63. The first-order chi connectivity index (χ1) is 15.1. The van der Waals surface area contributed by atoms with Gasteiger partial charge in [-0.15, -0.1) is 0 Å². The number of hydrogen-bond donors (Lipinski definition) is 1. The van der Waals surface area contributed by atoms with Crippen molar-refractivity contribution in [3.63, 3.8) is 0 Å². The molecule has 0 bridgehead atoms. The minimum atomic E-state index is -0.0334. The van der Waals surface area contributed by atoms with Crippen molar-refractivity contribution in [3.8, 4) is 11.4 Å². The number of rotatable bonds is 4. The molecule has 1 aromatic heterocycles. The Morgan fingerprint density at radius 2 is 1.77 bits per heavy atom. The standard InChI is InChI=1S/C27H26N2O2/c1-18-9-8-10-20-17-24(29(27(30)26(18)20)21-11-4-3-5-12-21)19(2)28-23-15-16-31-25-14-7-6-13-22(23)25/h3-14,17,19,23,28H,15-16H2,1-2H3/t19-,23?/m0/s1. The third kappa shape index (κ3) is 3.53. The van der Waals surface area contributed by atoms with Gasteiger partial charge in [-0.3, -0.25) is 9.36 Å². The third-order valence-corrected chi connectivity index (χ3v) is 6.15. The fourth-order valence-corrected chi connectivity index (χ4v) is 4.62. The minimum Gasteiger partial charge on any atom is -0.493 e. The summed E-state index contributed by atoms with van der Waals surface area (Å²) in [6.07, 6.45) is 0.892. The zero-order valence-electron chi connectivity index (χ0n) is 17.8. The molecular weight excluding hydrogens is 384 g/mol. The average molecular weight is 411 g/mol. The number of para-hydroxylation sites is 2. The molecule has 0 amide bonds. The first-order valence-corrected chi connectivity index (χ1v) is 10.8. The highest BCUT2D eigenvalue weighted by molar-refractivity contribution is 5.85. The van der Waals surface area contributed by atoms with Crippen LogP contribution < -0.4 is 15.6 Å². The largest absolute Gasteiger partial charge is 0.493 e. The molecule has 5 rings (SSSR count). The molecule has 31 heavy (non-hydrogen) atoms. The molecule has 2 heterocycles. The van der Waals surface area contributed by atoms with E-state index in [2.05, 4.69) is 24.4 Å². The highest BCUT2D eigenvalue weighted by Gasteiger charge is 2.25. The van der Waals surface area contributed by atoms with Crippen LogP contribution >= 0.6 is 0 Å². The van der Waals surface area contributed by atoms with E-state index in [1.165, 1.54) is 5.56 Å². The number of ether oxygens (including phenoxy) is 1. The van der Waals surface area contributed by atoms with E-state index in [4.69, 9.17) is 4.74 Å². The summed E-state index contributed by atoms with van der Waals surface area (Å²) in [6, 6.07) is 26.4. The summed E-state index contributed by atoms with van der Waals surface area (Å²) >= 11 is 0. The van der Waals surface area contributed by atoms with E-state index in [1.807, 2.05) is 78.2 Å². The Bertz CT molecular complexity index is 1290. The van der Waals surface area contributed by atoms with Crippen molar-refractivity contribution < 1.29 is 4.74 Å². The lowest BCUT2D eigenvalue weighted by atomic mass is 9.98. The Morgan fingerprint density at radius 3 is 2.61 bits per heavy atom. The number of pyridine rings is 1. The summed E-state index contributed by atoms with van der Waals surface area (Å²) in [7, 11) is 0. The van der Waals surface area contributed by atoms with Gasteiger partial charge in [-0.05, 0) is 49.1 Å². The smallest absolute Gasteiger partial charge is 0.263 e. The molecule has 4 heteroatoms. The maximum Gasteiger partial charge on any atom is 0.263 e. The van der Waals surface area contributed by atoms with Crippen LogP contribution in [0.5, 0.6) is 5.75 Å². The van der Waals surface area contributed by atoms with E-state index in [1.54, 1.807) is 0 Å². The lowest BCUT2D eigenvalue weighted by Crippen LogP contribution is -2.33. The SMILES string of the molecule is Cc1cccc2cc([C@H](C)NC3CCOc4ccccc43)n(-c3ccccc3)c(=O)c12. The van der Waals surface area contributed by atoms with E-state index < -0.39 is 0 Å². The van der Waals surface area contributed by atoms with Crippen molar-refractivity contribution in [3.05, 3.63) is 106 Å². The van der Waals surface area contributed by atoms with Crippen LogP contribution in [0.4, 0.5) is 0 Å². The van der Waals surface area contributed by atoms with Gasteiger partial charge < -0.3 is 10.1 Å². The maximum atomic E-state index is 13.7. The van der Waals surface area contributed by atoms with E-state index in [-0.39, 0.29) is 17.6 Å². The Labute approximate surface area is 182 Å². The summed E-state index contributed by atoms with van der Waals surface area (Å²) in [5.41, 5.74) is 4.04. The van der Waals surface area contributed by atoms with Gasteiger partial charge in [0.05, 0.1) is 12.0 Å². The number of nitrogens with one attached hydrogen (secondary N) is 1. The highest BCUT2D eigenvalue weighted by atomic mass is 16.5. The molecule has 2 atom stereocenters. The first-order valence-electron chi connectivity index (χ1n) is 10.8. The molecule has 0 fully saturated rings. The molecule has 4 nitrogen and oxygen atoms in total. The summed E-state index contributed by atoms with van der Waals surface area (Å²) in [5.74, 6) is 0.938. The molecule has 0 aliphatic carbocycles. The van der Waals surface area contributed by atoms with Crippen molar-refractivity contribution >= 4 is 10.8 Å². The highest BCUT2D eigenvalue weighted by Crippen LogP contribution is 2.34. The fraction of sp³-hybridized carbons (Fsp3) is 0.222. The molecule has 0 spiro atoms. The molecular formula is C27H26N2O2. The zero-order chi connectivity index (χ0) is 21.4. The molecule has 1 unspecified atom stereocenters. The topological polar surface area (TPSA) is 43.3 Å². The predicted octanol–water partition coefficient (Wildman–Crippen LogP) is 5.47. The Morgan fingerprint density at radius 1 is 1.00 bits per heavy atom. The second kappa shape index (κ2) is 8.05. The van der Waals surface area contributed by atoms with Crippen molar-refractivity contribution in [2.24, 2.45) is 0 Å². The van der Waals surface area contributed by atoms with Crippen molar-refractivity contribution in [2.45, 2.75) is 32.4 Å². The van der Waals surface area contributed by atoms with Gasteiger partial charge in [0.25, 0.3) is 5.56 Å². The number of benzene rings is 3. The van der Waals surface area contributed by atoms with Gasteiger partial charge in [0.2, 0.25) is 0 Å². The quantitative estimate of drug-likeness (QED) is 0.485. The van der Waals surface area contributed by atoms with Crippen LogP contribution in [0.3, 0.4) is 0 Å². The van der Waals surface area contributed by atoms with E-state index >= 15 is 0 Å². The molecule has 0 saturated carbocycles. The molecule has 1 aliphatic rings. The van der Waals surface area contributed by atoms with Crippen LogP contribution in [-0.2, 0) is 0 Å². The molecule has 156 valence electrons. The van der Waals surface area contributed by atoms with Crippen molar-refractivity contribution in [2.75, 3.05) is 6.61 Å². The maximum absolute atomic E-state index is 13.7. The normalized spacial score (nSPS) is 16.5. The van der Waals surface area contributed by atoms with Gasteiger partial charge in [-0.1, -0.05) is 54.6 Å². The number of aromatic nitrogens is 1. The van der Waals surface area contributed by atoms with Crippen LogP contribution in [0.25, 0.3) is 16.5 Å². The minimum absolute atomic E-state index is 0.0258. The number of fused-ring (bicyclic) bond motifs is 2. The molecule has 1 N–H and O–H groups in total.